The monoisotopic (exact) mass is 289 g/mol. The maximum atomic E-state index is 13.0. The van der Waals surface area contributed by atoms with E-state index >= 15 is 0 Å². The molecule has 3 nitrogen and oxygen atoms in total. The Balaban J connectivity index is 1.92. The van der Waals surface area contributed by atoms with Gasteiger partial charge in [0.2, 0.25) is 0 Å². The first kappa shape index (κ1) is 15.3. The van der Waals surface area contributed by atoms with E-state index in [4.69, 9.17) is 15.2 Å². The molecule has 0 aromatic heterocycles. The number of hydrogen-bond donors (Lipinski definition) is 1. The lowest BCUT2D eigenvalue weighted by atomic mass is 10.1. The first-order chi connectivity index (χ1) is 10.0. The lowest BCUT2D eigenvalue weighted by Crippen LogP contribution is -2.19. The molecule has 0 fully saturated rings. The van der Waals surface area contributed by atoms with E-state index in [0.29, 0.717) is 5.75 Å². The highest BCUT2D eigenvalue weighted by Crippen LogP contribution is 2.19. The third-order valence-corrected chi connectivity index (χ3v) is 2.91. The van der Waals surface area contributed by atoms with Crippen LogP contribution in [0.1, 0.15) is 25.5 Å². The Morgan fingerprint density at radius 1 is 1.05 bits per heavy atom. The van der Waals surface area contributed by atoms with Crippen LogP contribution >= 0.6 is 0 Å². The minimum Gasteiger partial charge on any atom is -0.492 e. The molecule has 112 valence electrons. The number of benzene rings is 2. The van der Waals surface area contributed by atoms with Crippen LogP contribution in [0.4, 0.5) is 4.39 Å². The van der Waals surface area contributed by atoms with Gasteiger partial charge in [-0.3, -0.25) is 0 Å². The van der Waals surface area contributed by atoms with Crippen LogP contribution in [-0.4, -0.2) is 12.7 Å². The van der Waals surface area contributed by atoms with Gasteiger partial charge in [-0.05, 0) is 43.7 Å². The topological polar surface area (TPSA) is 44.5 Å². The van der Waals surface area contributed by atoms with Gasteiger partial charge in [0.05, 0.1) is 12.1 Å². The molecule has 2 aromatic carbocycles. The highest BCUT2D eigenvalue weighted by molar-refractivity contribution is 5.29. The van der Waals surface area contributed by atoms with Crippen molar-refractivity contribution in [1.29, 1.82) is 0 Å². The van der Waals surface area contributed by atoms with Gasteiger partial charge in [-0.25, -0.2) is 4.39 Å². The van der Waals surface area contributed by atoms with Gasteiger partial charge in [0, 0.05) is 6.07 Å². The Morgan fingerprint density at radius 3 is 2.38 bits per heavy atom. The van der Waals surface area contributed by atoms with Crippen LogP contribution in [0.2, 0.25) is 0 Å². The average molecular weight is 289 g/mol. The number of hydrogen-bond acceptors (Lipinski definition) is 3. The highest BCUT2D eigenvalue weighted by atomic mass is 19.1. The third kappa shape index (κ3) is 4.76. The molecule has 0 aliphatic rings. The molecule has 0 saturated carbocycles. The Bertz CT molecular complexity index is 569. The zero-order valence-electron chi connectivity index (χ0n) is 12.3. The Kier molecular flexibility index (Phi) is 5.17. The van der Waals surface area contributed by atoms with E-state index in [1.807, 2.05) is 38.1 Å². The molecule has 0 spiro atoms. The van der Waals surface area contributed by atoms with Crippen molar-refractivity contribution >= 4 is 0 Å². The van der Waals surface area contributed by atoms with E-state index in [0.717, 1.165) is 11.3 Å². The molecule has 0 bridgehead atoms. The maximum Gasteiger partial charge on any atom is 0.126 e. The fourth-order valence-corrected chi connectivity index (χ4v) is 1.90. The summed E-state index contributed by atoms with van der Waals surface area (Å²) in [6.45, 7) is 4.24. The zero-order valence-corrected chi connectivity index (χ0v) is 12.3. The third-order valence-electron chi connectivity index (χ3n) is 2.91. The summed E-state index contributed by atoms with van der Waals surface area (Å²) >= 11 is 0. The Labute approximate surface area is 124 Å². The lowest BCUT2D eigenvalue weighted by Gasteiger charge is -2.15. The summed E-state index contributed by atoms with van der Waals surface area (Å²) < 4.78 is 24.1. The van der Waals surface area contributed by atoms with Crippen LogP contribution < -0.4 is 15.2 Å². The minimum absolute atomic E-state index is 0.140. The number of nitrogens with two attached hydrogens (primary N) is 1. The molecule has 21 heavy (non-hydrogen) atoms. The minimum atomic E-state index is -0.323. The molecule has 0 radical (unpaired) electrons. The molecule has 1 unspecified atom stereocenters. The summed E-state index contributed by atoms with van der Waals surface area (Å²) in [6, 6.07) is 13.3. The molecular formula is C17H20FNO2. The van der Waals surface area contributed by atoms with Crippen LogP contribution in [0, 0.1) is 5.82 Å². The Morgan fingerprint density at radius 2 is 1.76 bits per heavy atom. The second kappa shape index (κ2) is 7.09. The number of rotatable bonds is 6. The molecule has 2 N–H and O–H groups in total. The van der Waals surface area contributed by atoms with Crippen molar-refractivity contribution in [1.82, 2.24) is 0 Å². The van der Waals surface area contributed by atoms with Gasteiger partial charge in [0.15, 0.2) is 0 Å². The van der Waals surface area contributed by atoms with Gasteiger partial charge >= 0.3 is 0 Å². The molecule has 0 aliphatic heterocycles. The smallest absolute Gasteiger partial charge is 0.126 e. The normalized spacial score (nSPS) is 12.2. The maximum absolute atomic E-state index is 13.0. The summed E-state index contributed by atoms with van der Waals surface area (Å²) in [4.78, 5) is 0. The standard InChI is InChI=1S/C17H20FNO2/c1-12(2)21-15-8-6-13(7-9-15)17(19)11-20-16-5-3-4-14(18)10-16/h3-10,12,17H,11,19H2,1-2H3. The van der Waals surface area contributed by atoms with Gasteiger partial charge in [-0.1, -0.05) is 18.2 Å². The van der Waals surface area contributed by atoms with Gasteiger partial charge < -0.3 is 15.2 Å². The van der Waals surface area contributed by atoms with E-state index in [1.54, 1.807) is 12.1 Å². The van der Waals surface area contributed by atoms with Crippen molar-refractivity contribution in [3.63, 3.8) is 0 Å². The fourth-order valence-electron chi connectivity index (χ4n) is 1.90. The summed E-state index contributed by atoms with van der Waals surface area (Å²) in [5.74, 6) is 0.966. The van der Waals surface area contributed by atoms with E-state index in [2.05, 4.69) is 0 Å². The molecule has 0 amide bonds. The summed E-state index contributed by atoms with van der Waals surface area (Å²) in [6.07, 6.45) is 0.140. The molecule has 2 aromatic rings. The van der Waals surface area contributed by atoms with E-state index in [1.165, 1.54) is 12.1 Å². The molecule has 0 heterocycles. The molecule has 0 aliphatic carbocycles. The highest BCUT2D eigenvalue weighted by Gasteiger charge is 2.08. The van der Waals surface area contributed by atoms with Gasteiger partial charge in [0.25, 0.3) is 0 Å². The summed E-state index contributed by atoms with van der Waals surface area (Å²) in [5, 5.41) is 0. The second-order valence-corrected chi connectivity index (χ2v) is 5.11. The second-order valence-electron chi connectivity index (χ2n) is 5.11. The van der Waals surface area contributed by atoms with Crippen LogP contribution in [0.15, 0.2) is 48.5 Å². The van der Waals surface area contributed by atoms with Gasteiger partial charge in [-0.2, -0.15) is 0 Å². The SMILES string of the molecule is CC(C)Oc1ccc(C(N)COc2cccc(F)c2)cc1. The molecule has 0 saturated heterocycles. The Hall–Kier alpha value is -2.07. The van der Waals surface area contributed by atoms with Crippen LogP contribution in [0.5, 0.6) is 11.5 Å². The first-order valence-electron chi connectivity index (χ1n) is 6.95. The lowest BCUT2D eigenvalue weighted by molar-refractivity contribution is 0.242. The molecular weight excluding hydrogens is 269 g/mol. The first-order valence-corrected chi connectivity index (χ1v) is 6.95. The number of halogens is 1. The average Bonchev–Trinajstić information content (AvgIpc) is 2.45. The largest absolute Gasteiger partial charge is 0.492 e. The summed E-state index contributed by atoms with van der Waals surface area (Å²) in [5.41, 5.74) is 7.02. The molecule has 4 heteroatoms. The van der Waals surface area contributed by atoms with E-state index < -0.39 is 0 Å². The predicted molar refractivity (Wildman–Crippen MR) is 81.0 cm³/mol. The predicted octanol–water partition coefficient (Wildman–Crippen LogP) is 3.69. The van der Waals surface area contributed by atoms with E-state index in [9.17, 15) is 4.39 Å². The van der Waals surface area contributed by atoms with Crippen molar-refractivity contribution in [3.8, 4) is 11.5 Å². The van der Waals surface area contributed by atoms with E-state index in [-0.39, 0.29) is 24.6 Å². The van der Waals surface area contributed by atoms with Crippen LogP contribution in [0.3, 0.4) is 0 Å². The van der Waals surface area contributed by atoms with Crippen LogP contribution in [0.25, 0.3) is 0 Å². The number of ether oxygens (including phenoxy) is 2. The van der Waals surface area contributed by atoms with Gasteiger partial charge in [0.1, 0.15) is 23.9 Å². The van der Waals surface area contributed by atoms with Crippen LogP contribution in [-0.2, 0) is 0 Å². The molecule has 1 atom stereocenters. The van der Waals surface area contributed by atoms with Crippen molar-refractivity contribution in [2.24, 2.45) is 5.73 Å². The van der Waals surface area contributed by atoms with Crippen molar-refractivity contribution < 1.29 is 13.9 Å². The summed E-state index contributed by atoms with van der Waals surface area (Å²) in [7, 11) is 0. The van der Waals surface area contributed by atoms with Gasteiger partial charge in [-0.15, -0.1) is 0 Å². The van der Waals surface area contributed by atoms with Crippen molar-refractivity contribution in [2.45, 2.75) is 26.0 Å². The zero-order chi connectivity index (χ0) is 15.2. The fraction of sp³-hybridized carbons (Fsp3) is 0.294. The van der Waals surface area contributed by atoms with Crippen molar-refractivity contribution in [3.05, 3.63) is 59.9 Å². The van der Waals surface area contributed by atoms with Crippen molar-refractivity contribution in [2.75, 3.05) is 6.61 Å². The molecule has 2 rings (SSSR count). The quantitative estimate of drug-likeness (QED) is 0.882.